The summed E-state index contributed by atoms with van der Waals surface area (Å²) in [5, 5.41) is 3.31. The first-order valence-corrected chi connectivity index (χ1v) is 6.75. The van der Waals surface area contributed by atoms with Gasteiger partial charge in [0.15, 0.2) is 0 Å². The molecular formula is C14H20BrNO. The van der Waals surface area contributed by atoms with Crippen LogP contribution in [-0.2, 0) is 6.54 Å². The number of benzene rings is 1. The molecule has 17 heavy (non-hydrogen) atoms. The van der Waals surface area contributed by atoms with Crippen molar-refractivity contribution >= 4 is 15.9 Å². The van der Waals surface area contributed by atoms with Crippen LogP contribution in [0.15, 0.2) is 34.8 Å². The Balaban J connectivity index is 2.64. The highest BCUT2D eigenvalue weighted by Crippen LogP contribution is 2.23. The second kappa shape index (κ2) is 7.51. The zero-order chi connectivity index (χ0) is 12.7. The molecule has 0 aromatic heterocycles. The third kappa shape index (κ3) is 4.92. The van der Waals surface area contributed by atoms with E-state index >= 15 is 0 Å². The summed E-state index contributed by atoms with van der Waals surface area (Å²) < 4.78 is 6.80. The highest BCUT2D eigenvalue weighted by atomic mass is 79.9. The minimum absolute atomic E-state index is 0.596. The van der Waals surface area contributed by atoms with Crippen molar-refractivity contribution in [3.05, 3.63) is 40.4 Å². The fourth-order valence-corrected chi connectivity index (χ4v) is 1.71. The summed E-state index contributed by atoms with van der Waals surface area (Å²) in [4.78, 5) is 0. The molecule has 1 N–H and O–H groups in total. The van der Waals surface area contributed by atoms with Gasteiger partial charge in [-0.15, -0.1) is 0 Å². The van der Waals surface area contributed by atoms with Gasteiger partial charge in [-0.3, -0.25) is 0 Å². The number of hydrogen-bond acceptors (Lipinski definition) is 2. The van der Waals surface area contributed by atoms with Crippen molar-refractivity contribution in [2.45, 2.75) is 26.8 Å². The van der Waals surface area contributed by atoms with Crippen molar-refractivity contribution in [3.63, 3.8) is 0 Å². The molecule has 1 rings (SSSR count). The van der Waals surface area contributed by atoms with Gasteiger partial charge in [-0.25, -0.2) is 0 Å². The molecule has 0 heterocycles. The van der Waals surface area contributed by atoms with Crippen molar-refractivity contribution in [1.29, 1.82) is 0 Å². The van der Waals surface area contributed by atoms with Gasteiger partial charge in [0.25, 0.3) is 0 Å². The van der Waals surface area contributed by atoms with E-state index in [0.717, 1.165) is 35.3 Å². The van der Waals surface area contributed by atoms with Crippen LogP contribution >= 0.6 is 15.9 Å². The van der Waals surface area contributed by atoms with Gasteiger partial charge in [-0.2, -0.15) is 0 Å². The van der Waals surface area contributed by atoms with Crippen molar-refractivity contribution in [2.24, 2.45) is 0 Å². The molecular weight excluding hydrogens is 278 g/mol. The van der Waals surface area contributed by atoms with Crippen molar-refractivity contribution < 1.29 is 4.74 Å². The first-order chi connectivity index (χ1) is 8.17. The maximum atomic E-state index is 5.69. The summed E-state index contributed by atoms with van der Waals surface area (Å²) in [5.41, 5.74) is 2.33. The average molecular weight is 298 g/mol. The molecule has 2 nitrogen and oxygen atoms in total. The lowest BCUT2D eigenvalue weighted by Gasteiger charge is -2.10. The van der Waals surface area contributed by atoms with E-state index < -0.39 is 0 Å². The van der Waals surface area contributed by atoms with Gasteiger partial charge in [0, 0.05) is 11.0 Å². The van der Waals surface area contributed by atoms with E-state index in [-0.39, 0.29) is 0 Å². The predicted octanol–water partition coefficient (Wildman–Crippen LogP) is 3.90. The van der Waals surface area contributed by atoms with Crippen LogP contribution in [0.2, 0.25) is 0 Å². The Kier molecular flexibility index (Phi) is 6.30. The topological polar surface area (TPSA) is 21.3 Å². The van der Waals surface area contributed by atoms with Gasteiger partial charge in [0.2, 0.25) is 0 Å². The van der Waals surface area contributed by atoms with Crippen LogP contribution in [-0.4, -0.2) is 13.2 Å². The van der Waals surface area contributed by atoms with Crippen LogP contribution in [0.5, 0.6) is 5.75 Å². The number of hydrogen-bond donors (Lipinski definition) is 1. The lowest BCUT2D eigenvalue weighted by Crippen LogP contribution is -2.12. The molecule has 0 saturated carbocycles. The molecule has 0 unspecified atom stereocenters. The molecule has 1 aromatic rings. The van der Waals surface area contributed by atoms with Crippen LogP contribution in [0.3, 0.4) is 0 Å². The maximum absolute atomic E-state index is 5.69. The first kappa shape index (κ1) is 14.3. The zero-order valence-electron chi connectivity index (χ0n) is 10.6. The summed E-state index contributed by atoms with van der Waals surface area (Å²) >= 11 is 3.54. The SMILES string of the molecule is C=C(CC)COc1ccc(Br)c(CNCC)c1. The first-order valence-electron chi connectivity index (χ1n) is 5.96. The molecule has 0 aliphatic carbocycles. The van der Waals surface area contributed by atoms with Crippen LogP contribution in [0.1, 0.15) is 25.8 Å². The van der Waals surface area contributed by atoms with Crippen molar-refractivity contribution in [2.75, 3.05) is 13.2 Å². The Morgan fingerprint density at radius 3 is 2.82 bits per heavy atom. The Hall–Kier alpha value is -0.800. The summed E-state index contributed by atoms with van der Waals surface area (Å²) in [6.45, 7) is 10.5. The quantitative estimate of drug-likeness (QED) is 0.771. The molecule has 0 atom stereocenters. The van der Waals surface area contributed by atoms with E-state index in [1.165, 1.54) is 5.56 Å². The normalized spacial score (nSPS) is 10.3. The van der Waals surface area contributed by atoms with Gasteiger partial charge in [0.05, 0.1) is 0 Å². The molecule has 0 aliphatic heterocycles. The maximum Gasteiger partial charge on any atom is 0.120 e. The fraction of sp³-hybridized carbons (Fsp3) is 0.429. The van der Waals surface area contributed by atoms with Crippen molar-refractivity contribution in [3.8, 4) is 5.75 Å². The molecule has 0 amide bonds. The Morgan fingerprint density at radius 1 is 1.41 bits per heavy atom. The van der Waals surface area contributed by atoms with E-state index in [1.54, 1.807) is 0 Å². The smallest absolute Gasteiger partial charge is 0.120 e. The third-order valence-electron chi connectivity index (χ3n) is 2.53. The minimum Gasteiger partial charge on any atom is -0.489 e. The second-order valence-corrected chi connectivity index (χ2v) is 4.78. The summed E-state index contributed by atoms with van der Waals surface area (Å²) in [6, 6.07) is 6.06. The van der Waals surface area contributed by atoms with Gasteiger partial charge in [0.1, 0.15) is 12.4 Å². The molecule has 3 heteroatoms. The Labute approximate surface area is 112 Å². The Morgan fingerprint density at radius 2 is 2.18 bits per heavy atom. The molecule has 0 aliphatic rings. The zero-order valence-corrected chi connectivity index (χ0v) is 12.1. The monoisotopic (exact) mass is 297 g/mol. The van der Waals surface area contributed by atoms with E-state index in [1.807, 2.05) is 12.1 Å². The lowest BCUT2D eigenvalue weighted by atomic mass is 10.2. The summed E-state index contributed by atoms with van der Waals surface area (Å²) in [6.07, 6.45) is 0.959. The standard InChI is InChI=1S/C14H20BrNO/c1-4-11(3)10-17-13-6-7-14(15)12(8-13)9-16-5-2/h6-8,16H,3-5,9-10H2,1-2H3. The molecule has 0 saturated heterocycles. The number of ether oxygens (including phenoxy) is 1. The van der Waals surface area contributed by atoms with E-state index in [0.29, 0.717) is 6.61 Å². The number of halogens is 1. The van der Waals surface area contributed by atoms with Crippen LogP contribution in [0.4, 0.5) is 0 Å². The fourth-order valence-electron chi connectivity index (χ4n) is 1.32. The van der Waals surface area contributed by atoms with Crippen molar-refractivity contribution in [1.82, 2.24) is 5.32 Å². The van der Waals surface area contributed by atoms with E-state index in [4.69, 9.17) is 4.74 Å². The summed E-state index contributed by atoms with van der Waals surface area (Å²) in [7, 11) is 0. The number of rotatable bonds is 7. The second-order valence-electron chi connectivity index (χ2n) is 3.93. The highest BCUT2D eigenvalue weighted by Gasteiger charge is 2.02. The van der Waals surface area contributed by atoms with Gasteiger partial charge >= 0.3 is 0 Å². The minimum atomic E-state index is 0.596. The molecule has 0 radical (unpaired) electrons. The molecule has 1 aromatic carbocycles. The van der Waals surface area contributed by atoms with Gasteiger partial charge in [-0.05, 0) is 42.3 Å². The third-order valence-corrected chi connectivity index (χ3v) is 3.30. The van der Waals surface area contributed by atoms with Crippen LogP contribution in [0.25, 0.3) is 0 Å². The highest BCUT2D eigenvalue weighted by molar-refractivity contribution is 9.10. The van der Waals surface area contributed by atoms with Crippen LogP contribution in [0, 0.1) is 0 Å². The number of nitrogens with one attached hydrogen (secondary N) is 1. The Bertz CT molecular complexity index is 376. The molecule has 0 bridgehead atoms. The molecule has 94 valence electrons. The van der Waals surface area contributed by atoms with Crippen LogP contribution < -0.4 is 10.1 Å². The van der Waals surface area contributed by atoms with E-state index in [2.05, 4.69) is 47.7 Å². The largest absolute Gasteiger partial charge is 0.489 e. The van der Waals surface area contributed by atoms with E-state index in [9.17, 15) is 0 Å². The molecule has 0 spiro atoms. The summed E-state index contributed by atoms with van der Waals surface area (Å²) in [5.74, 6) is 0.899. The molecule has 0 fully saturated rings. The lowest BCUT2D eigenvalue weighted by molar-refractivity contribution is 0.348. The predicted molar refractivity (Wildman–Crippen MR) is 76.4 cm³/mol. The van der Waals surface area contributed by atoms with Gasteiger partial charge < -0.3 is 10.1 Å². The van der Waals surface area contributed by atoms with Gasteiger partial charge in [-0.1, -0.05) is 36.4 Å². The average Bonchev–Trinajstić information content (AvgIpc) is 2.35.